The van der Waals surface area contributed by atoms with Crippen LogP contribution in [0.3, 0.4) is 0 Å². The molecular weight excluding hydrogens is 276 g/mol. The van der Waals surface area contributed by atoms with Crippen molar-refractivity contribution in [2.45, 2.75) is 6.92 Å². The van der Waals surface area contributed by atoms with Crippen LogP contribution in [-0.4, -0.2) is 41.0 Å². The van der Waals surface area contributed by atoms with Crippen molar-refractivity contribution in [1.82, 2.24) is 15.1 Å². The molecule has 2 aromatic rings. The summed E-state index contributed by atoms with van der Waals surface area (Å²) in [7, 11) is 1.57. The maximum absolute atomic E-state index is 11.8. The third-order valence-corrected chi connectivity index (χ3v) is 2.51. The number of hydrogen-bond donors (Lipinski definition) is 0. The van der Waals surface area contributed by atoms with Gasteiger partial charge in [0, 0.05) is 5.88 Å². The van der Waals surface area contributed by atoms with Crippen LogP contribution in [0.1, 0.15) is 23.0 Å². The summed E-state index contributed by atoms with van der Waals surface area (Å²) in [5.74, 6) is -0.825. The predicted molar refractivity (Wildman–Crippen MR) is 71.4 cm³/mol. The molecule has 0 aliphatic heterocycles. The SMILES string of the molecule is CCOC(=O)c1nnn(N=Cc2ccc(OC)cc2)c1[O-]. The van der Waals surface area contributed by atoms with Crippen molar-refractivity contribution in [3.63, 3.8) is 0 Å². The molecule has 1 aromatic carbocycles. The second kappa shape index (κ2) is 6.51. The molecule has 0 bridgehead atoms. The van der Waals surface area contributed by atoms with Crippen LogP contribution in [0.4, 0.5) is 0 Å². The Kier molecular flexibility index (Phi) is 4.50. The van der Waals surface area contributed by atoms with Crippen LogP contribution in [-0.2, 0) is 4.74 Å². The lowest BCUT2D eigenvalue weighted by Gasteiger charge is -2.05. The zero-order chi connectivity index (χ0) is 15.2. The van der Waals surface area contributed by atoms with E-state index in [0.717, 1.165) is 10.4 Å². The van der Waals surface area contributed by atoms with Crippen molar-refractivity contribution < 1.29 is 19.4 Å². The van der Waals surface area contributed by atoms with Gasteiger partial charge in [-0.05, 0) is 42.0 Å². The number of nitrogens with zero attached hydrogens (tertiary/aromatic N) is 4. The lowest BCUT2D eigenvalue weighted by atomic mass is 10.2. The molecule has 0 radical (unpaired) electrons. The van der Waals surface area contributed by atoms with Gasteiger partial charge in [-0.2, -0.15) is 5.10 Å². The molecule has 0 saturated carbocycles. The van der Waals surface area contributed by atoms with E-state index in [1.54, 1.807) is 38.3 Å². The summed E-state index contributed by atoms with van der Waals surface area (Å²) in [4.78, 5) is 12.2. The Labute approximate surface area is 120 Å². The topological polar surface area (TPSA) is 102 Å². The minimum Gasteiger partial charge on any atom is -0.856 e. The molecule has 0 aliphatic rings. The van der Waals surface area contributed by atoms with Crippen LogP contribution >= 0.6 is 0 Å². The van der Waals surface area contributed by atoms with Crippen molar-refractivity contribution in [2.75, 3.05) is 13.7 Å². The summed E-state index contributed by atoms with van der Waals surface area (Å²) in [5, 5.41) is 22.6. The monoisotopic (exact) mass is 289 g/mol. The van der Waals surface area contributed by atoms with E-state index in [4.69, 9.17) is 4.74 Å². The van der Waals surface area contributed by atoms with Gasteiger partial charge in [0.15, 0.2) is 5.69 Å². The van der Waals surface area contributed by atoms with E-state index >= 15 is 0 Å². The Balaban J connectivity index is 2.15. The van der Waals surface area contributed by atoms with Gasteiger partial charge in [0.2, 0.25) is 0 Å². The molecule has 1 heterocycles. The van der Waals surface area contributed by atoms with Crippen LogP contribution in [0.2, 0.25) is 0 Å². The summed E-state index contributed by atoms with van der Waals surface area (Å²) in [6.07, 6.45) is 1.42. The zero-order valence-corrected chi connectivity index (χ0v) is 11.5. The van der Waals surface area contributed by atoms with Gasteiger partial charge in [-0.1, -0.05) is 0 Å². The number of ether oxygens (including phenoxy) is 2. The fraction of sp³-hybridized carbons (Fsp3) is 0.231. The first-order chi connectivity index (χ1) is 10.2. The first-order valence-electron chi connectivity index (χ1n) is 6.14. The number of rotatable bonds is 5. The molecule has 0 saturated heterocycles. The summed E-state index contributed by atoms with van der Waals surface area (Å²) in [6.45, 7) is 1.79. The van der Waals surface area contributed by atoms with Crippen LogP contribution in [0, 0.1) is 0 Å². The number of carbonyl (C=O) groups excluding carboxylic acids is 1. The highest BCUT2D eigenvalue weighted by Gasteiger charge is 2.13. The van der Waals surface area contributed by atoms with Crippen LogP contribution in [0.15, 0.2) is 29.4 Å². The molecule has 1 aromatic heterocycles. The number of methoxy groups -OCH3 is 1. The lowest BCUT2D eigenvalue weighted by Crippen LogP contribution is -2.10. The fourth-order valence-electron chi connectivity index (χ4n) is 1.48. The van der Waals surface area contributed by atoms with E-state index in [1.165, 1.54) is 6.21 Å². The Morgan fingerprint density at radius 3 is 2.76 bits per heavy atom. The van der Waals surface area contributed by atoms with Crippen LogP contribution in [0.25, 0.3) is 0 Å². The first kappa shape index (κ1) is 14.5. The van der Waals surface area contributed by atoms with Gasteiger partial charge in [0.1, 0.15) is 5.75 Å². The van der Waals surface area contributed by atoms with E-state index in [2.05, 4.69) is 20.2 Å². The first-order valence-corrected chi connectivity index (χ1v) is 6.14. The summed E-state index contributed by atoms with van der Waals surface area (Å²) in [6, 6.07) is 7.03. The molecule has 0 spiro atoms. The van der Waals surface area contributed by atoms with Gasteiger partial charge >= 0.3 is 5.97 Å². The molecule has 2 rings (SSSR count). The molecule has 0 fully saturated rings. The van der Waals surface area contributed by atoms with Gasteiger partial charge in [-0.25, -0.2) is 4.79 Å². The molecular formula is C13H13N4O4-. The summed E-state index contributed by atoms with van der Waals surface area (Å²) in [5.41, 5.74) is 0.354. The number of hydrogen-bond acceptors (Lipinski definition) is 7. The van der Waals surface area contributed by atoms with Gasteiger partial charge in [-0.15, -0.1) is 9.89 Å². The second-order valence-corrected chi connectivity index (χ2v) is 3.87. The lowest BCUT2D eigenvalue weighted by molar-refractivity contribution is -0.279. The largest absolute Gasteiger partial charge is 0.856 e. The standard InChI is InChI=1S/C13H14N4O4/c1-3-21-13(19)11-12(18)17(16-15-11)14-8-9-4-6-10(20-2)7-5-9/h4-8,18H,3H2,1-2H3/p-1. The third-order valence-electron chi connectivity index (χ3n) is 2.51. The van der Waals surface area contributed by atoms with Crippen molar-refractivity contribution in [2.24, 2.45) is 5.10 Å². The highest BCUT2D eigenvalue weighted by Crippen LogP contribution is 2.12. The Morgan fingerprint density at radius 1 is 1.43 bits per heavy atom. The number of carbonyl (C=O) groups is 1. The van der Waals surface area contributed by atoms with Crippen LogP contribution < -0.4 is 9.84 Å². The van der Waals surface area contributed by atoms with Crippen molar-refractivity contribution in [3.05, 3.63) is 35.5 Å². The van der Waals surface area contributed by atoms with Crippen molar-refractivity contribution >= 4 is 12.2 Å². The Morgan fingerprint density at radius 2 is 2.14 bits per heavy atom. The minimum absolute atomic E-state index is 0.153. The molecule has 110 valence electrons. The molecule has 8 nitrogen and oxygen atoms in total. The van der Waals surface area contributed by atoms with Crippen molar-refractivity contribution in [1.29, 1.82) is 0 Å². The zero-order valence-electron chi connectivity index (χ0n) is 11.5. The summed E-state index contributed by atoms with van der Waals surface area (Å²) < 4.78 is 9.72. The summed E-state index contributed by atoms with van der Waals surface area (Å²) >= 11 is 0. The van der Waals surface area contributed by atoms with Crippen molar-refractivity contribution in [3.8, 4) is 11.6 Å². The Bertz CT molecular complexity index is 649. The van der Waals surface area contributed by atoms with E-state index in [-0.39, 0.29) is 12.3 Å². The van der Waals surface area contributed by atoms with E-state index in [1.807, 2.05) is 0 Å². The quantitative estimate of drug-likeness (QED) is 0.584. The maximum atomic E-state index is 11.8. The molecule has 0 atom stereocenters. The molecule has 0 unspecified atom stereocenters. The number of esters is 1. The molecule has 21 heavy (non-hydrogen) atoms. The highest BCUT2D eigenvalue weighted by atomic mass is 16.5. The molecule has 0 N–H and O–H groups in total. The second-order valence-electron chi connectivity index (χ2n) is 3.87. The average Bonchev–Trinajstić information content (AvgIpc) is 2.87. The van der Waals surface area contributed by atoms with Gasteiger partial charge in [0.05, 0.1) is 19.9 Å². The van der Waals surface area contributed by atoms with Gasteiger partial charge in [-0.3, -0.25) is 0 Å². The van der Waals surface area contributed by atoms with E-state index < -0.39 is 11.8 Å². The smallest absolute Gasteiger partial charge is 0.359 e. The highest BCUT2D eigenvalue weighted by molar-refractivity contribution is 5.89. The average molecular weight is 289 g/mol. The van der Waals surface area contributed by atoms with E-state index in [0.29, 0.717) is 5.75 Å². The number of benzene rings is 1. The van der Waals surface area contributed by atoms with E-state index in [9.17, 15) is 9.90 Å². The minimum atomic E-state index is -0.812. The van der Waals surface area contributed by atoms with Gasteiger partial charge < -0.3 is 14.6 Å². The fourth-order valence-corrected chi connectivity index (χ4v) is 1.48. The third kappa shape index (κ3) is 3.35. The van der Waals surface area contributed by atoms with Gasteiger partial charge in [0.25, 0.3) is 0 Å². The number of aromatic nitrogens is 3. The maximum Gasteiger partial charge on any atom is 0.359 e. The molecule has 8 heteroatoms. The van der Waals surface area contributed by atoms with Crippen LogP contribution in [0.5, 0.6) is 11.6 Å². The predicted octanol–water partition coefficient (Wildman–Crippen LogP) is 0.419. The normalized spacial score (nSPS) is 10.8. The Hall–Kier alpha value is -2.90. The molecule has 0 aliphatic carbocycles. The molecule has 0 amide bonds.